The molecule has 0 radical (unpaired) electrons. The largest absolute Gasteiger partial charge is 0.459 e. The second kappa shape index (κ2) is 13.7. The van der Waals surface area contributed by atoms with Gasteiger partial charge in [0.15, 0.2) is 0 Å². The Balaban J connectivity index is 1.59. The Kier molecular flexibility index (Phi) is 10.9. The molecule has 0 saturated carbocycles. The number of thioether (sulfide) groups is 1. The van der Waals surface area contributed by atoms with E-state index in [0.29, 0.717) is 17.0 Å². The number of nitrogens with one attached hydrogen (secondary N) is 2. The Hall–Kier alpha value is -3.44. The Morgan fingerprint density at radius 2 is 1.50 bits per heavy atom. The van der Waals surface area contributed by atoms with Crippen LogP contribution in [0.25, 0.3) is 17.2 Å². The molecule has 0 bridgehead atoms. The van der Waals surface area contributed by atoms with E-state index in [1.54, 1.807) is 20.8 Å². The quantitative estimate of drug-likeness (QED) is 0.153. The Bertz CT molecular complexity index is 1460. The second-order valence-electron chi connectivity index (χ2n) is 10.3. The Morgan fingerprint density at radius 1 is 0.909 bits per heavy atom. The third kappa shape index (κ3) is 10.1. The summed E-state index contributed by atoms with van der Waals surface area (Å²) in [5, 5.41) is 6.04. The van der Waals surface area contributed by atoms with E-state index in [2.05, 4.69) is 10.6 Å². The molecule has 1 aromatic heterocycles. The summed E-state index contributed by atoms with van der Waals surface area (Å²) in [4.78, 5) is 50.3. The Morgan fingerprint density at radius 3 is 2.07 bits per heavy atom. The number of ether oxygens (including phenoxy) is 1. The van der Waals surface area contributed by atoms with Crippen LogP contribution in [-0.4, -0.2) is 58.1 Å². The summed E-state index contributed by atoms with van der Waals surface area (Å²) in [6, 6.07) is 2.64. The van der Waals surface area contributed by atoms with E-state index in [9.17, 15) is 45.5 Å². The molecule has 1 aromatic carbocycles. The van der Waals surface area contributed by atoms with E-state index >= 15 is 0 Å². The minimum absolute atomic E-state index is 0.0455. The number of esters is 1. The molecule has 1 fully saturated rings. The fourth-order valence-electron chi connectivity index (χ4n) is 3.61. The average molecular weight is 682 g/mol. The molecule has 2 aromatic rings. The smallest absolute Gasteiger partial charge is 0.416 e. The molecule has 8 nitrogen and oxygen atoms in total. The maximum absolute atomic E-state index is 13.2. The van der Waals surface area contributed by atoms with Crippen molar-refractivity contribution in [2.75, 3.05) is 19.6 Å². The number of alkyl halides is 6. The van der Waals surface area contributed by atoms with E-state index in [-0.39, 0.29) is 45.9 Å². The molecular weight excluding hydrogens is 657 g/mol. The molecule has 0 atom stereocenters. The summed E-state index contributed by atoms with van der Waals surface area (Å²) in [5.74, 6) is -2.40. The summed E-state index contributed by atoms with van der Waals surface area (Å²) in [6.45, 7) is 4.09. The predicted octanol–water partition coefficient (Wildman–Crippen LogP) is 5.62. The first-order valence-electron chi connectivity index (χ1n) is 12.6. The van der Waals surface area contributed by atoms with Gasteiger partial charge in [-0.15, -0.1) is 11.3 Å². The van der Waals surface area contributed by atoms with Crippen molar-refractivity contribution >= 4 is 69.4 Å². The molecular formula is C27H25F6N3O5S3. The number of nitrogens with zero attached hydrogens (tertiary/aromatic N) is 1. The molecule has 3 amide bonds. The number of benzene rings is 1. The molecule has 0 unspecified atom stereocenters. The molecule has 1 saturated heterocycles. The molecule has 3 rings (SSSR count). The van der Waals surface area contributed by atoms with Gasteiger partial charge in [-0.2, -0.15) is 26.3 Å². The van der Waals surface area contributed by atoms with Crippen molar-refractivity contribution in [1.29, 1.82) is 0 Å². The fraction of sp³-hybridized carbons (Fsp3) is 0.370. The van der Waals surface area contributed by atoms with Crippen LogP contribution in [0, 0.1) is 0 Å². The molecule has 0 aliphatic carbocycles. The van der Waals surface area contributed by atoms with Crippen molar-refractivity contribution < 1.29 is 50.3 Å². The highest BCUT2D eigenvalue weighted by Crippen LogP contribution is 2.40. The lowest BCUT2D eigenvalue weighted by Gasteiger charge is -2.19. The topological polar surface area (TPSA) is 105 Å². The van der Waals surface area contributed by atoms with E-state index in [4.69, 9.17) is 17.0 Å². The summed E-state index contributed by atoms with van der Waals surface area (Å²) in [6.07, 6.45) is -8.79. The van der Waals surface area contributed by atoms with Crippen LogP contribution in [0.4, 0.5) is 26.3 Å². The van der Waals surface area contributed by atoms with Crippen LogP contribution < -0.4 is 10.6 Å². The number of hydrogen-bond donors (Lipinski definition) is 2. The molecule has 1 aliphatic rings. The number of carbonyl (C=O) groups excluding carboxylic acids is 4. The normalized spacial score (nSPS) is 15.1. The lowest BCUT2D eigenvalue weighted by Crippen LogP contribution is -2.41. The van der Waals surface area contributed by atoms with Gasteiger partial charge in [-0.1, -0.05) is 24.0 Å². The number of amides is 3. The van der Waals surface area contributed by atoms with Gasteiger partial charge in [0.1, 0.15) is 16.5 Å². The van der Waals surface area contributed by atoms with Crippen molar-refractivity contribution in [3.8, 4) is 11.1 Å². The monoisotopic (exact) mass is 681 g/mol. The average Bonchev–Trinajstić information content (AvgIpc) is 3.46. The third-order valence-corrected chi connectivity index (χ3v) is 7.80. The maximum Gasteiger partial charge on any atom is 0.416 e. The van der Waals surface area contributed by atoms with Gasteiger partial charge in [0.05, 0.1) is 22.6 Å². The van der Waals surface area contributed by atoms with Crippen LogP contribution in [0.15, 0.2) is 34.6 Å². The van der Waals surface area contributed by atoms with Gasteiger partial charge in [0.2, 0.25) is 11.8 Å². The standard InChI is InChI=1S/C27H25F6N3O5S3/c1-25(2,3)41-22(39)12-35-21(38)11-34-20(37)4-5-36-23(40)19(44-24(36)42)10-18-8-15(13-43-18)14-6-16(26(28,29)30)9-17(7-14)27(31,32)33/h6-10,13H,4-5,11-12H2,1-3H3,(H,34,37)(H,35,38). The van der Waals surface area contributed by atoms with Gasteiger partial charge in [-0.3, -0.25) is 24.1 Å². The molecule has 0 spiro atoms. The van der Waals surface area contributed by atoms with Gasteiger partial charge in [0, 0.05) is 17.8 Å². The molecule has 2 heterocycles. The number of carbonyl (C=O) groups is 4. The summed E-state index contributed by atoms with van der Waals surface area (Å²) >= 11 is 7.14. The molecule has 238 valence electrons. The van der Waals surface area contributed by atoms with Crippen LogP contribution in [-0.2, 0) is 36.3 Å². The van der Waals surface area contributed by atoms with Crippen molar-refractivity contribution in [1.82, 2.24) is 15.5 Å². The Labute approximate surface area is 261 Å². The van der Waals surface area contributed by atoms with Crippen molar-refractivity contribution in [3.63, 3.8) is 0 Å². The van der Waals surface area contributed by atoms with Crippen LogP contribution in [0.2, 0.25) is 0 Å². The molecule has 17 heteroatoms. The van der Waals surface area contributed by atoms with E-state index in [0.717, 1.165) is 28.0 Å². The van der Waals surface area contributed by atoms with Crippen LogP contribution in [0.5, 0.6) is 0 Å². The first-order valence-corrected chi connectivity index (χ1v) is 14.7. The number of hydrogen-bond acceptors (Lipinski definition) is 8. The highest BCUT2D eigenvalue weighted by molar-refractivity contribution is 8.26. The highest BCUT2D eigenvalue weighted by Gasteiger charge is 2.37. The zero-order valence-corrected chi connectivity index (χ0v) is 25.7. The van der Waals surface area contributed by atoms with Gasteiger partial charge >= 0.3 is 18.3 Å². The van der Waals surface area contributed by atoms with Crippen molar-refractivity contribution in [2.24, 2.45) is 0 Å². The minimum Gasteiger partial charge on any atom is -0.459 e. The van der Waals surface area contributed by atoms with Gasteiger partial charge < -0.3 is 15.4 Å². The van der Waals surface area contributed by atoms with Crippen molar-refractivity contribution in [3.05, 3.63) is 50.6 Å². The summed E-state index contributed by atoms with van der Waals surface area (Å²) < 4.78 is 84.7. The summed E-state index contributed by atoms with van der Waals surface area (Å²) in [7, 11) is 0. The van der Waals surface area contributed by atoms with E-state index in [1.807, 2.05) is 0 Å². The lowest BCUT2D eigenvalue weighted by atomic mass is 10.0. The minimum atomic E-state index is -4.99. The zero-order chi connectivity index (χ0) is 33.0. The first-order chi connectivity index (χ1) is 20.2. The van der Waals surface area contributed by atoms with E-state index in [1.165, 1.54) is 17.5 Å². The second-order valence-corrected chi connectivity index (χ2v) is 12.9. The number of halogens is 6. The van der Waals surface area contributed by atoms with E-state index < -0.39 is 59.3 Å². The van der Waals surface area contributed by atoms with Crippen LogP contribution in [0.3, 0.4) is 0 Å². The van der Waals surface area contributed by atoms with Gasteiger partial charge in [0.25, 0.3) is 5.91 Å². The fourth-order valence-corrected chi connectivity index (χ4v) is 5.84. The van der Waals surface area contributed by atoms with Crippen molar-refractivity contribution in [2.45, 2.75) is 45.1 Å². The molecule has 2 N–H and O–H groups in total. The summed E-state index contributed by atoms with van der Waals surface area (Å²) in [5.41, 5.74) is -3.80. The molecule has 1 aliphatic heterocycles. The number of thiocarbonyl (C=S) groups is 1. The third-order valence-electron chi connectivity index (χ3n) is 5.55. The SMILES string of the molecule is CC(C)(C)OC(=O)CNC(=O)CNC(=O)CCN1C(=O)C(=Cc2cc(-c3cc(C(F)(F)F)cc(C(F)(F)F)c3)cs2)SC1=S. The number of rotatable bonds is 9. The van der Waals surface area contributed by atoms with Crippen LogP contribution >= 0.6 is 35.3 Å². The number of thiophene rings is 1. The van der Waals surface area contributed by atoms with Gasteiger partial charge in [-0.05, 0) is 67.6 Å². The molecule has 44 heavy (non-hydrogen) atoms. The predicted molar refractivity (Wildman–Crippen MR) is 156 cm³/mol. The first kappa shape index (κ1) is 35.0. The maximum atomic E-state index is 13.2. The van der Waals surface area contributed by atoms with Crippen LogP contribution in [0.1, 0.15) is 43.2 Å². The highest BCUT2D eigenvalue weighted by atomic mass is 32.2. The zero-order valence-electron chi connectivity index (χ0n) is 23.3. The van der Waals surface area contributed by atoms with Gasteiger partial charge in [-0.25, -0.2) is 0 Å². The lowest BCUT2D eigenvalue weighted by molar-refractivity contribution is -0.154.